The van der Waals surface area contributed by atoms with Crippen molar-refractivity contribution in [3.05, 3.63) is 65.0 Å². The zero-order valence-corrected chi connectivity index (χ0v) is 18.5. The van der Waals surface area contributed by atoms with Gasteiger partial charge in [-0.25, -0.2) is 4.39 Å². The first-order valence-electron chi connectivity index (χ1n) is 9.66. The molecule has 0 spiro atoms. The van der Waals surface area contributed by atoms with Crippen LogP contribution in [0, 0.1) is 5.82 Å². The van der Waals surface area contributed by atoms with E-state index in [2.05, 4.69) is 10.4 Å². The predicted molar refractivity (Wildman–Crippen MR) is 120 cm³/mol. The molecule has 0 radical (unpaired) electrons. The molecule has 2 heterocycles. The molecule has 0 fully saturated rings. The van der Waals surface area contributed by atoms with E-state index in [0.717, 1.165) is 5.56 Å². The summed E-state index contributed by atoms with van der Waals surface area (Å²) in [4.78, 5) is 25.5. The molecule has 2 aromatic carbocycles. The SMILES string of the molecule is COc1ccc(C(=O)NCC(=O)c2nn(C)cc2-c2csc3c(F)cccc23)cc1OC. The number of hydrogen-bond donors (Lipinski definition) is 1. The van der Waals surface area contributed by atoms with Crippen LogP contribution in [0.25, 0.3) is 21.2 Å². The monoisotopic (exact) mass is 453 g/mol. The first-order chi connectivity index (χ1) is 15.4. The number of nitrogens with zero attached hydrogens (tertiary/aromatic N) is 2. The minimum atomic E-state index is -0.431. The molecule has 4 rings (SSSR count). The zero-order valence-electron chi connectivity index (χ0n) is 17.6. The topological polar surface area (TPSA) is 82.5 Å². The highest BCUT2D eigenvalue weighted by atomic mass is 32.1. The Balaban J connectivity index is 1.56. The number of methoxy groups -OCH3 is 2. The first kappa shape index (κ1) is 21.5. The van der Waals surface area contributed by atoms with Gasteiger partial charge < -0.3 is 14.8 Å². The molecule has 2 aromatic heterocycles. The molecular formula is C23H20FN3O4S. The van der Waals surface area contributed by atoms with Crippen LogP contribution in [0.1, 0.15) is 20.8 Å². The third-order valence-electron chi connectivity index (χ3n) is 4.99. The highest BCUT2D eigenvalue weighted by Crippen LogP contribution is 2.36. The van der Waals surface area contributed by atoms with Gasteiger partial charge >= 0.3 is 0 Å². The molecule has 0 unspecified atom stereocenters. The Labute approximate surface area is 187 Å². The van der Waals surface area contributed by atoms with E-state index in [1.807, 2.05) is 11.4 Å². The molecule has 32 heavy (non-hydrogen) atoms. The Hall–Kier alpha value is -3.72. The summed E-state index contributed by atoms with van der Waals surface area (Å²) in [5, 5.41) is 9.43. The Kier molecular flexibility index (Phi) is 5.91. The second-order valence-electron chi connectivity index (χ2n) is 7.01. The van der Waals surface area contributed by atoms with Crippen molar-refractivity contribution in [2.45, 2.75) is 0 Å². The van der Waals surface area contributed by atoms with Crippen LogP contribution in [0.15, 0.2) is 48.0 Å². The van der Waals surface area contributed by atoms with Crippen molar-refractivity contribution < 1.29 is 23.5 Å². The highest BCUT2D eigenvalue weighted by Gasteiger charge is 2.21. The van der Waals surface area contributed by atoms with Gasteiger partial charge in [0.15, 0.2) is 11.5 Å². The van der Waals surface area contributed by atoms with Gasteiger partial charge in [-0.1, -0.05) is 12.1 Å². The van der Waals surface area contributed by atoms with Gasteiger partial charge in [0.25, 0.3) is 5.91 Å². The van der Waals surface area contributed by atoms with Crippen molar-refractivity contribution in [2.24, 2.45) is 7.05 Å². The van der Waals surface area contributed by atoms with E-state index in [4.69, 9.17) is 9.47 Å². The van der Waals surface area contributed by atoms with Crippen LogP contribution in [0.3, 0.4) is 0 Å². The number of ketones is 1. The first-order valence-corrected chi connectivity index (χ1v) is 10.5. The van der Waals surface area contributed by atoms with Gasteiger partial charge in [-0.05, 0) is 24.3 Å². The van der Waals surface area contributed by atoms with Gasteiger partial charge in [0, 0.05) is 40.7 Å². The van der Waals surface area contributed by atoms with E-state index in [1.165, 1.54) is 42.4 Å². The summed E-state index contributed by atoms with van der Waals surface area (Å²) in [5.41, 5.74) is 1.86. The lowest BCUT2D eigenvalue weighted by Crippen LogP contribution is -2.30. The maximum Gasteiger partial charge on any atom is 0.251 e. The molecule has 7 nitrogen and oxygen atoms in total. The number of thiophene rings is 1. The molecular weight excluding hydrogens is 433 g/mol. The minimum absolute atomic E-state index is 0.212. The van der Waals surface area contributed by atoms with E-state index in [0.29, 0.717) is 32.7 Å². The summed E-state index contributed by atoms with van der Waals surface area (Å²) in [6.07, 6.45) is 1.72. The van der Waals surface area contributed by atoms with Crippen molar-refractivity contribution in [3.63, 3.8) is 0 Å². The normalized spacial score (nSPS) is 10.9. The number of halogens is 1. The second kappa shape index (κ2) is 8.80. The number of carbonyl (C=O) groups excluding carboxylic acids is 2. The molecule has 0 aliphatic rings. The standard InChI is InChI=1S/C23H20FN3O4S/c1-27-11-15(16-12-32-22-14(16)5-4-6-17(22)24)21(26-27)18(28)10-25-23(29)13-7-8-19(30-2)20(9-13)31-3/h4-9,11-12H,10H2,1-3H3,(H,25,29). The number of aryl methyl sites for hydroxylation is 1. The Morgan fingerprint density at radius 2 is 1.91 bits per heavy atom. The quantitative estimate of drug-likeness (QED) is 0.427. The van der Waals surface area contributed by atoms with Crippen molar-refractivity contribution in [2.75, 3.05) is 20.8 Å². The molecule has 1 N–H and O–H groups in total. The molecule has 4 aromatic rings. The van der Waals surface area contributed by atoms with Crippen molar-refractivity contribution >= 4 is 33.1 Å². The number of benzene rings is 2. The van der Waals surface area contributed by atoms with E-state index >= 15 is 0 Å². The second-order valence-corrected chi connectivity index (χ2v) is 7.89. The van der Waals surface area contributed by atoms with E-state index < -0.39 is 5.91 Å². The fraction of sp³-hybridized carbons (Fsp3) is 0.174. The molecule has 1 amide bonds. The summed E-state index contributed by atoms with van der Waals surface area (Å²) in [5.74, 6) is -0.185. The predicted octanol–water partition coefficient (Wildman–Crippen LogP) is 4.07. The maximum atomic E-state index is 14.1. The van der Waals surface area contributed by atoms with Gasteiger partial charge in [-0.2, -0.15) is 5.10 Å². The Morgan fingerprint density at radius 1 is 1.12 bits per heavy atom. The van der Waals surface area contributed by atoms with Crippen molar-refractivity contribution in [1.82, 2.24) is 15.1 Å². The molecule has 0 saturated carbocycles. The molecule has 0 atom stereocenters. The van der Waals surface area contributed by atoms with E-state index in [1.54, 1.807) is 31.4 Å². The third kappa shape index (κ3) is 3.94. The van der Waals surface area contributed by atoms with E-state index in [-0.39, 0.29) is 23.8 Å². The highest BCUT2D eigenvalue weighted by molar-refractivity contribution is 7.17. The lowest BCUT2D eigenvalue weighted by molar-refractivity contribution is 0.0902. The summed E-state index contributed by atoms with van der Waals surface area (Å²) < 4.78 is 26.5. The van der Waals surface area contributed by atoms with Gasteiger partial charge in [0.05, 0.1) is 25.5 Å². The number of nitrogens with one attached hydrogen (secondary N) is 1. The van der Waals surface area contributed by atoms with Gasteiger partial charge in [-0.15, -0.1) is 11.3 Å². The maximum absolute atomic E-state index is 14.1. The average Bonchev–Trinajstić information content (AvgIpc) is 3.40. The zero-order chi connectivity index (χ0) is 22.8. The van der Waals surface area contributed by atoms with Crippen molar-refractivity contribution in [1.29, 1.82) is 0 Å². The third-order valence-corrected chi connectivity index (χ3v) is 5.99. The number of Topliss-reactive ketones (excluding diaryl/α,β-unsaturated/α-hetero) is 1. The van der Waals surface area contributed by atoms with Crippen LogP contribution in [0.5, 0.6) is 11.5 Å². The number of fused-ring (bicyclic) bond motifs is 1. The molecule has 0 bridgehead atoms. The van der Waals surface area contributed by atoms with Gasteiger partial charge in [0.2, 0.25) is 5.78 Å². The number of ether oxygens (including phenoxy) is 2. The number of hydrogen-bond acceptors (Lipinski definition) is 6. The largest absolute Gasteiger partial charge is 0.493 e. The number of amides is 1. The molecule has 164 valence electrons. The summed E-state index contributed by atoms with van der Waals surface area (Å²) in [7, 11) is 4.69. The lowest BCUT2D eigenvalue weighted by Gasteiger charge is -2.10. The van der Waals surface area contributed by atoms with Crippen LogP contribution in [0.4, 0.5) is 4.39 Å². The smallest absolute Gasteiger partial charge is 0.251 e. The summed E-state index contributed by atoms with van der Waals surface area (Å²) >= 11 is 1.27. The fourth-order valence-electron chi connectivity index (χ4n) is 3.45. The molecule has 0 aliphatic heterocycles. The molecule has 9 heteroatoms. The Bertz CT molecular complexity index is 1330. The average molecular weight is 453 g/mol. The van der Waals surface area contributed by atoms with Crippen LogP contribution < -0.4 is 14.8 Å². The van der Waals surface area contributed by atoms with E-state index in [9.17, 15) is 14.0 Å². The number of aromatic nitrogens is 2. The van der Waals surface area contributed by atoms with Gasteiger partial charge in [-0.3, -0.25) is 14.3 Å². The van der Waals surface area contributed by atoms with Crippen molar-refractivity contribution in [3.8, 4) is 22.6 Å². The molecule has 0 aliphatic carbocycles. The summed E-state index contributed by atoms with van der Waals surface area (Å²) in [6, 6.07) is 9.59. The summed E-state index contributed by atoms with van der Waals surface area (Å²) in [6.45, 7) is -0.242. The molecule has 0 saturated heterocycles. The van der Waals surface area contributed by atoms with Crippen LogP contribution in [0.2, 0.25) is 0 Å². The van der Waals surface area contributed by atoms with Crippen LogP contribution in [-0.4, -0.2) is 42.2 Å². The minimum Gasteiger partial charge on any atom is -0.493 e. The lowest BCUT2D eigenvalue weighted by atomic mass is 10.0. The van der Waals surface area contributed by atoms with Crippen LogP contribution >= 0.6 is 11.3 Å². The van der Waals surface area contributed by atoms with Crippen LogP contribution in [-0.2, 0) is 7.05 Å². The number of rotatable bonds is 7. The fourth-order valence-corrected chi connectivity index (χ4v) is 4.42. The van der Waals surface area contributed by atoms with Gasteiger partial charge in [0.1, 0.15) is 11.5 Å². The number of carbonyl (C=O) groups is 2. The Morgan fingerprint density at radius 3 is 2.66 bits per heavy atom.